The molecule has 3 rings (SSSR count). The predicted molar refractivity (Wildman–Crippen MR) is 88.6 cm³/mol. The van der Waals surface area contributed by atoms with Crippen LogP contribution in [-0.4, -0.2) is 34.4 Å². The number of hydrogen-bond donors (Lipinski definition) is 1. The molecule has 5 heteroatoms. The largest absolute Gasteiger partial charge is 0.441 e. The molecule has 0 aliphatic carbocycles. The normalized spacial score (nSPS) is 21.4. The van der Waals surface area contributed by atoms with Gasteiger partial charge < -0.3 is 15.1 Å². The smallest absolute Gasteiger partial charge is 0.223 e. The Hall–Kier alpha value is -2.14. The molecule has 2 atom stereocenters. The third kappa shape index (κ3) is 3.79. The summed E-state index contributed by atoms with van der Waals surface area (Å²) in [6.45, 7) is 2.82. The molecule has 23 heavy (non-hydrogen) atoms. The molecule has 1 amide bonds. The number of oxazole rings is 1. The maximum absolute atomic E-state index is 12.4. The molecule has 2 heterocycles. The first-order valence-electron chi connectivity index (χ1n) is 8.18. The molecule has 1 aromatic heterocycles. The van der Waals surface area contributed by atoms with Crippen LogP contribution in [0.3, 0.4) is 0 Å². The van der Waals surface area contributed by atoms with E-state index in [9.17, 15) is 4.79 Å². The highest BCUT2D eigenvalue weighted by Gasteiger charge is 2.26. The fourth-order valence-corrected chi connectivity index (χ4v) is 3.10. The van der Waals surface area contributed by atoms with E-state index in [0.29, 0.717) is 18.7 Å². The van der Waals surface area contributed by atoms with Crippen molar-refractivity contribution in [1.82, 2.24) is 9.88 Å². The van der Waals surface area contributed by atoms with Crippen molar-refractivity contribution in [3.63, 3.8) is 0 Å². The lowest BCUT2D eigenvalue weighted by molar-refractivity contribution is -0.134. The molecule has 0 spiro atoms. The lowest BCUT2D eigenvalue weighted by atomic mass is 9.98. The summed E-state index contributed by atoms with van der Waals surface area (Å²) in [4.78, 5) is 18.6. The fraction of sp³-hybridized carbons (Fsp3) is 0.444. The van der Waals surface area contributed by atoms with Gasteiger partial charge in [0.2, 0.25) is 5.91 Å². The summed E-state index contributed by atoms with van der Waals surface area (Å²) in [5.74, 6) is 1.51. The van der Waals surface area contributed by atoms with Crippen molar-refractivity contribution >= 4 is 5.91 Å². The van der Waals surface area contributed by atoms with Gasteiger partial charge in [0.1, 0.15) is 0 Å². The molecule has 0 saturated carbocycles. The van der Waals surface area contributed by atoms with E-state index in [2.05, 4.69) is 11.9 Å². The van der Waals surface area contributed by atoms with Crippen LogP contribution in [0.4, 0.5) is 0 Å². The molecule has 1 saturated heterocycles. The molecule has 2 aromatic rings. The molecule has 2 unspecified atom stereocenters. The summed E-state index contributed by atoms with van der Waals surface area (Å²) in [6, 6.07) is 10.3. The van der Waals surface area contributed by atoms with Crippen LogP contribution in [0.5, 0.6) is 0 Å². The molecular formula is C18H23N3O2. The zero-order chi connectivity index (χ0) is 16.2. The van der Waals surface area contributed by atoms with Crippen molar-refractivity contribution in [1.29, 1.82) is 0 Å². The van der Waals surface area contributed by atoms with Gasteiger partial charge in [-0.1, -0.05) is 30.3 Å². The van der Waals surface area contributed by atoms with Crippen LogP contribution in [0.1, 0.15) is 32.1 Å². The topological polar surface area (TPSA) is 72.4 Å². The average molecular weight is 313 g/mol. The highest BCUT2D eigenvalue weighted by Crippen LogP contribution is 2.21. The lowest BCUT2D eigenvalue weighted by Gasteiger charge is -2.36. The molecule has 1 fully saturated rings. The molecule has 1 aromatic carbocycles. The van der Waals surface area contributed by atoms with Crippen molar-refractivity contribution in [2.24, 2.45) is 5.73 Å². The minimum atomic E-state index is 0.156. The number of rotatable bonds is 4. The number of piperidine rings is 1. The Labute approximate surface area is 136 Å². The van der Waals surface area contributed by atoms with E-state index < -0.39 is 0 Å². The van der Waals surface area contributed by atoms with Gasteiger partial charge in [-0.05, 0) is 19.8 Å². The summed E-state index contributed by atoms with van der Waals surface area (Å²) in [6.07, 6.45) is 4.43. The Kier molecular flexibility index (Phi) is 4.76. The van der Waals surface area contributed by atoms with Crippen molar-refractivity contribution in [3.8, 4) is 11.3 Å². The zero-order valence-electron chi connectivity index (χ0n) is 13.4. The van der Waals surface area contributed by atoms with Crippen LogP contribution in [0.25, 0.3) is 11.3 Å². The first kappa shape index (κ1) is 15.7. The maximum atomic E-state index is 12.4. The molecule has 1 aliphatic rings. The molecule has 2 N–H and O–H groups in total. The maximum Gasteiger partial charge on any atom is 0.223 e. The summed E-state index contributed by atoms with van der Waals surface area (Å²) in [5, 5.41) is 0. The Morgan fingerprint density at radius 1 is 1.39 bits per heavy atom. The third-order valence-corrected chi connectivity index (χ3v) is 4.40. The molecule has 5 nitrogen and oxygen atoms in total. The second-order valence-electron chi connectivity index (χ2n) is 6.20. The monoisotopic (exact) mass is 313 g/mol. The van der Waals surface area contributed by atoms with Crippen molar-refractivity contribution in [2.75, 3.05) is 6.54 Å². The van der Waals surface area contributed by atoms with Gasteiger partial charge >= 0.3 is 0 Å². The molecule has 0 radical (unpaired) electrons. The average Bonchev–Trinajstić information content (AvgIpc) is 3.02. The summed E-state index contributed by atoms with van der Waals surface area (Å²) >= 11 is 0. The number of aromatic nitrogens is 1. The number of amides is 1. The van der Waals surface area contributed by atoms with Gasteiger partial charge in [0.25, 0.3) is 0 Å². The summed E-state index contributed by atoms with van der Waals surface area (Å²) < 4.78 is 5.75. The number of benzene rings is 1. The van der Waals surface area contributed by atoms with Crippen LogP contribution < -0.4 is 5.73 Å². The van der Waals surface area contributed by atoms with Crippen LogP contribution in [0.2, 0.25) is 0 Å². The van der Waals surface area contributed by atoms with Gasteiger partial charge in [0.15, 0.2) is 11.7 Å². The quantitative estimate of drug-likeness (QED) is 0.941. The number of hydrogen-bond acceptors (Lipinski definition) is 4. The minimum absolute atomic E-state index is 0.156. The molecule has 122 valence electrons. The number of nitrogens with two attached hydrogens (primary N) is 1. The predicted octanol–water partition coefficient (Wildman–Crippen LogP) is 2.61. The van der Waals surface area contributed by atoms with Crippen LogP contribution in [0.15, 0.2) is 40.9 Å². The van der Waals surface area contributed by atoms with E-state index in [-0.39, 0.29) is 18.0 Å². The first-order valence-corrected chi connectivity index (χ1v) is 8.18. The highest BCUT2D eigenvalue weighted by atomic mass is 16.4. The van der Waals surface area contributed by atoms with E-state index in [1.165, 1.54) is 0 Å². The molecular weight excluding hydrogens is 290 g/mol. The number of aryl methyl sites for hydroxylation is 1. The Morgan fingerprint density at radius 2 is 2.17 bits per heavy atom. The second kappa shape index (κ2) is 6.96. The Bertz CT molecular complexity index is 653. The first-order chi connectivity index (χ1) is 11.1. The third-order valence-electron chi connectivity index (χ3n) is 4.40. The van der Waals surface area contributed by atoms with Crippen LogP contribution in [-0.2, 0) is 11.2 Å². The van der Waals surface area contributed by atoms with E-state index >= 15 is 0 Å². The summed E-state index contributed by atoms with van der Waals surface area (Å²) in [5.41, 5.74) is 6.94. The minimum Gasteiger partial charge on any atom is -0.441 e. The number of carbonyl (C=O) groups excluding carboxylic acids is 1. The van der Waals surface area contributed by atoms with Gasteiger partial charge in [-0.3, -0.25) is 4.79 Å². The highest BCUT2D eigenvalue weighted by molar-refractivity contribution is 5.76. The number of likely N-dealkylation sites (tertiary alicyclic amines) is 1. The zero-order valence-corrected chi connectivity index (χ0v) is 13.4. The van der Waals surface area contributed by atoms with Crippen molar-refractivity contribution < 1.29 is 9.21 Å². The lowest BCUT2D eigenvalue weighted by Crippen LogP contribution is -2.48. The van der Waals surface area contributed by atoms with Crippen molar-refractivity contribution in [3.05, 3.63) is 42.4 Å². The van der Waals surface area contributed by atoms with Gasteiger partial charge in [0, 0.05) is 37.0 Å². The number of carbonyl (C=O) groups is 1. The summed E-state index contributed by atoms with van der Waals surface area (Å²) in [7, 11) is 0. The molecule has 0 bridgehead atoms. The van der Waals surface area contributed by atoms with E-state index in [0.717, 1.165) is 30.7 Å². The van der Waals surface area contributed by atoms with Gasteiger partial charge in [0.05, 0.1) is 6.20 Å². The van der Waals surface area contributed by atoms with Crippen LogP contribution >= 0.6 is 0 Å². The Balaban J connectivity index is 1.56. The van der Waals surface area contributed by atoms with Gasteiger partial charge in [-0.2, -0.15) is 0 Å². The SMILES string of the molecule is CC1CC(N)CCN1C(=O)CCc1ncc(-c2ccccc2)o1. The second-order valence-corrected chi connectivity index (χ2v) is 6.20. The van der Waals surface area contributed by atoms with E-state index in [4.69, 9.17) is 10.2 Å². The van der Waals surface area contributed by atoms with Gasteiger partial charge in [-0.25, -0.2) is 4.98 Å². The standard InChI is InChI=1S/C18H23N3O2/c1-13-11-15(19)9-10-21(13)18(22)8-7-17-20-12-16(23-17)14-5-3-2-4-6-14/h2-6,12-13,15H,7-11,19H2,1H3. The van der Waals surface area contributed by atoms with Gasteiger partial charge in [-0.15, -0.1) is 0 Å². The van der Waals surface area contributed by atoms with E-state index in [1.807, 2.05) is 35.2 Å². The number of nitrogens with zero attached hydrogens (tertiary/aromatic N) is 2. The Morgan fingerprint density at radius 3 is 2.91 bits per heavy atom. The van der Waals surface area contributed by atoms with Crippen molar-refractivity contribution in [2.45, 2.75) is 44.7 Å². The van der Waals surface area contributed by atoms with Crippen LogP contribution in [0, 0.1) is 0 Å². The van der Waals surface area contributed by atoms with E-state index in [1.54, 1.807) is 6.20 Å². The molecule has 1 aliphatic heterocycles. The fourth-order valence-electron chi connectivity index (χ4n) is 3.10.